The quantitative estimate of drug-likeness (QED) is 0.372. The first-order valence-electron chi connectivity index (χ1n) is 10.4. The van der Waals surface area contributed by atoms with Crippen molar-refractivity contribution in [2.24, 2.45) is 0 Å². The summed E-state index contributed by atoms with van der Waals surface area (Å²) in [5, 5.41) is 15.2. The predicted octanol–water partition coefficient (Wildman–Crippen LogP) is 7.04. The summed E-state index contributed by atoms with van der Waals surface area (Å²) in [6, 6.07) is 13.9. The number of ether oxygens (including phenoxy) is 1. The number of nitrogens with zero attached hydrogens (tertiary/aromatic N) is 1. The van der Waals surface area contributed by atoms with Gasteiger partial charge in [-0.05, 0) is 62.1 Å². The molecule has 31 heavy (non-hydrogen) atoms. The van der Waals surface area contributed by atoms with Crippen LogP contribution in [0.1, 0.15) is 39.7 Å². The maximum atomic E-state index is 10.2. The normalized spacial score (nSPS) is 13.2. The van der Waals surface area contributed by atoms with Crippen LogP contribution in [0.25, 0.3) is 22.0 Å². The van der Waals surface area contributed by atoms with Crippen molar-refractivity contribution in [2.75, 3.05) is 5.32 Å². The molecular formula is C26H29ClN2O2. The Kier molecular flexibility index (Phi) is 7.04. The fraction of sp³-hybridized carbons (Fsp3) is 0.269. The van der Waals surface area contributed by atoms with E-state index in [1.54, 1.807) is 20.0 Å². The summed E-state index contributed by atoms with van der Waals surface area (Å²) in [7, 11) is 0. The molecule has 5 heteroatoms. The van der Waals surface area contributed by atoms with Crippen LogP contribution in [0.5, 0.6) is 0 Å². The summed E-state index contributed by atoms with van der Waals surface area (Å²) in [6.07, 6.45) is 5.97. The minimum Gasteiger partial charge on any atom is -0.468 e. The van der Waals surface area contributed by atoms with Crippen LogP contribution in [0.4, 0.5) is 5.69 Å². The van der Waals surface area contributed by atoms with Gasteiger partial charge in [0, 0.05) is 11.6 Å². The Balaban J connectivity index is 2.02. The van der Waals surface area contributed by atoms with Gasteiger partial charge in [0.15, 0.2) is 0 Å². The SMILES string of the molecule is C=CO/C(=C\CC)C(C)Nc1c(Cl)cnc2ccc(-c3ccc(C(C)(C)O)cc3)cc12. The van der Waals surface area contributed by atoms with Gasteiger partial charge in [-0.2, -0.15) is 0 Å². The minimum absolute atomic E-state index is 0.101. The van der Waals surface area contributed by atoms with E-state index < -0.39 is 5.60 Å². The van der Waals surface area contributed by atoms with E-state index >= 15 is 0 Å². The van der Waals surface area contributed by atoms with Crippen LogP contribution in [-0.4, -0.2) is 16.1 Å². The number of aromatic nitrogens is 1. The molecule has 0 radical (unpaired) electrons. The molecule has 0 saturated carbocycles. The van der Waals surface area contributed by atoms with Crippen molar-refractivity contribution in [3.05, 3.63) is 83.9 Å². The number of pyridine rings is 1. The van der Waals surface area contributed by atoms with E-state index in [-0.39, 0.29) is 6.04 Å². The molecule has 1 atom stereocenters. The number of anilines is 1. The number of benzene rings is 2. The molecule has 4 nitrogen and oxygen atoms in total. The molecule has 2 N–H and O–H groups in total. The molecule has 0 saturated heterocycles. The monoisotopic (exact) mass is 436 g/mol. The Morgan fingerprint density at radius 3 is 2.52 bits per heavy atom. The van der Waals surface area contributed by atoms with Crippen LogP contribution in [-0.2, 0) is 10.3 Å². The van der Waals surface area contributed by atoms with Crippen LogP contribution in [0, 0.1) is 0 Å². The van der Waals surface area contributed by atoms with Gasteiger partial charge in [-0.3, -0.25) is 4.98 Å². The number of halogens is 1. The maximum Gasteiger partial charge on any atom is 0.121 e. The molecule has 0 aliphatic carbocycles. The number of hydrogen-bond acceptors (Lipinski definition) is 4. The number of hydrogen-bond donors (Lipinski definition) is 2. The Morgan fingerprint density at radius 1 is 1.23 bits per heavy atom. The average Bonchev–Trinajstić information content (AvgIpc) is 2.74. The highest BCUT2D eigenvalue weighted by molar-refractivity contribution is 6.34. The fourth-order valence-electron chi connectivity index (χ4n) is 3.48. The first-order chi connectivity index (χ1) is 14.7. The lowest BCUT2D eigenvalue weighted by Crippen LogP contribution is -2.19. The van der Waals surface area contributed by atoms with Crippen molar-refractivity contribution in [2.45, 2.75) is 45.8 Å². The molecule has 0 bridgehead atoms. The average molecular weight is 437 g/mol. The summed E-state index contributed by atoms with van der Waals surface area (Å²) >= 11 is 6.54. The summed E-state index contributed by atoms with van der Waals surface area (Å²) < 4.78 is 5.58. The Morgan fingerprint density at radius 2 is 1.90 bits per heavy atom. The highest BCUT2D eigenvalue weighted by Gasteiger charge is 2.17. The molecule has 0 aliphatic heterocycles. The van der Waals surface area contributed by atoms with E-state index in [0.717, 1.165) is 45.5 Å². The second kappa shape index (κ2) is 9.54. The number of rotatable bonds is 8. The van der Waals surface area contributed by atoms with Crippen molar-refractivity contribution in [1.29, 1.82) is 0 Å². The van der Waals surface area contributed by atoms with Gasteiger partial charge >= 0.3 is 0 Å². The summed E-state index contributed by atoms with van der Waals surface area (Å²) in [5.74, 6) is 0.789. The van der Waals surface area contributed by atoms with Crippen molar-refractivity contribution < 1.29 is 9.84 Å². The van der Waals surface area contributed by atoms with Crippen LogP contribution >= 0.6 is 11.6 Å². The number of fused-ring (bicyclic) bond motifs is 1. The standard InChI is InChI=1S/C26H29ClN2O2/c1-6-8-24(31-7-2)17(3)29-25-21-15-19(11-14-23(21)28-16-22(25)27)18-9-12-20(13-10-18)26(4,5)30/h7-17,30H,2,6H2,1,3-5H3,(H,28,29)/b24-8-. The van der Waals surface area contributed by atoms with Crippen LogP contribution in [0.15, 0.2) is 73.3 Å². The number of nitrogens with one attached hydrogen (secondary N) is 1. The van der Waals surface area contributed by atoms with Crippen LogP contribution in [0.2, 0.25) is 5.02 Å². The maximum absolute atomic E-state index is 10.2. The molecule has 0 amide bonds. The number of allylic oxidation sites excluding steroid dienone is 1. The third kappa shape index (κ3) is 5.27. The molecule has 0 aliphatic rings. The zero-order valence-electron chi connectivity index (χ0n) is 18.4. The van der Waals surface area contributed by atoms with Gasteiger partial charge in [0.2, 0.25) is 0 Å². The molecule has 3 aromatic rings. The van der Waals surface area contributed by atoms with E-state index in [2.05, 4.69) is 29.9 Å². The molecule has 2 aromatic carbocycles. The Hall–Kier alpha value is -2.82. The molecule has 3 rings (SSSR count). The molecule has 1 heterocycles. The lowest BCUT2D eigenvalue weighted by molar-refractivity contribution is 0.0786. The molecule has 1 aromatic heterocycles. The minimum atomic E-state index is -0.871. The van der Waals surface area contributed by atoms with Crippen LogP contribution in [0.3, 0.4) is 0 Å². The van der Waals surface area contributed by atoms with Gasteiger partial charge < -0.3 is 15.2 Å². The third-order valence-corrected chi connectivity index (χ3v) is 5.45. The third-order valence-electron chi connectivity index (χ3n) is 5.16. The van der Waals surface area contributed by atoms with Gasteiger partial charge in [-0.1, -0.05) is 55.4 Å². The first kappa shape index (κ1) is 22.9. The topological polar surface area (TPSA) is 54.4 Å². The predicted molar refractivity (Wildman–Crippen MR) is 130 cm³/mol. The van der Waals surface area contributed by atoms with E-state index in [1.807, 2.05) is 49.4 Å². The summed E-state index contributed by atoms with van der Waals surface area (Å²) in [4.78, 5) is 4.48. The Bertz CT molecular complexity index is 1100. The molecule has 162 valence electrons. The largest absolute Gasteiger partial charge is 0.468 e. The summed E-state index contributed by atoms with van der Waals surface area (Å²) in [5.41, 5.74) is 3.75. The van der Waals surface area contributed by atoms with Gasteiger partial charge in [0.05, 0.1) is 34.1 Å². The number of aliphatic hydroxyl groups is 1. The zero-order valence-corrected chi connectivity index (χ0v) is 19.2. The molecule has 0 spiro atoms. The summed E-state index contributed by atoms with van der Waals surface area (Å²) in [6.45, 7) is 11.3. The van der Waals surface area contributed by atoms with E-state index in [9.17, 15) is 5.11 Å². The second-order valence-corrected chi connectivity index (χ2v) is 8.42. The highest BCUT2D eigenvalue weighted by atomic mass is 35.5. The van der Waals surface area contributed by atoms with Gasteiger partial charge in [-0.15, -0.1) is 0 Å². The van der Waals surface area contributed by atoms with Gasteiger partial charge in [0.1, 0.15) is 5.76 Å². The van der Waals surface area contributed by atoms with Crippen molar-refractivity contribution in [3.8, 4) is 11.1 Å². The fourth-order valence-corrected chi connectivity index (χ4v) is 3.68. The van der Waals surface area contributed by atoms with Crippen molar-refractivity contribution in [1.82, 2.24) is 4.98 Å². The van der Waals surface area contributed by atoms with Crippen molar-refractivity contribution >= 4 is 28.2 Å². The first-order valence-corrected chi connectivity index (χ1v) is 10.8. The molecular weight excluding hydrogens is 408 g/mol. The van der Waals surface area contributed by atoms with Crippen LogP contribution < -0.4 is 5.32 Å². The van der Waals surface area contributed by atoms with E-state index in [4.69, 9.17) is 16.3 Å². The van der Waals surface area contributed by atoms with Gasteiger partial charge in [-0.25, -0.2) is 0 Å². The molecule has 1 unspecified atom stereocenters. The smallest absolute Gasteiger partial charge is 0.121 e. The van der Waals surface area contributed by atoms with E-state index in [1.165, 1.54) is 6.26 Å². The van der Waals surface area contributed by atoms with E-state index in [0.29, 0.717) is 5.02 Å². The zero-order chi connectivity index (χ0) is 22.6. The lowest BCUT2D eigenvalue weighted by Gasteiger charge is -2.20. The lowest BCUT2D eigenvalue weighted by atomic mass is 9.95. The Labute approximate surface area is 189 Å². The van der Waals surface area contributed by atoms with Crippen molar-refractivity contribution in [3.63, 3.8) is 0 Å². The van der Waals surface area contributed by atoms with Gasteiger partial charge in [0.25, 0.3) is 0 Å². The highest BCUT2D eigenvalue weighted by Crippen LogP contribution is 2.34. The second-order valence-electron chi connectivity index (χ2n) is 8.01. The molecule has 0 fully saturated rings.